The van der Waals surface area contributed by atoms with Gasteiger partial charge < -0.3 is 20.1 Å². The van der Waals surface area contributed by atoms with Crippen LogP contribution in [-0.2, 0) is 9.53 Å². The van der Waals surface area contributed by atoms with Crippen LogP contribution in [0, 0.1) is 5.92 Å². The number of urea groups is 1. The molecule has 0 aromatic carbocycles. The summed E-state index contributed by atoms with van der Waals surface area (Å²) in [7, 11) is 1.48. The van der Waals surface area contributed by atoms with Crippen LogP contribution in [0.1, 0.15) is 19.8 Å². The van der Waals surface area contributed by atoms with Crippen LogP contribution in [0.5, 0.6) is 0 Å². The van der Waals surface area contributed by atoms with E-state index < -0.39 is 12.0 Å². The molecule has 0 aliphatic carbocycles. The highest BCUT2D eigenvalue weighted by atomic mass is 16.5. The molecule has 2 N–H and O–H groups in total. The Morgan fingerprint density at radius 3 is 2.82 bits per heavy atom. The molecule has 0 aromatic rings. The summed E-state index contributed by atoms with van der Waals surface area (Å²) >= 11 is 0. The highest BCUT2D eigenvalue weighted by molar-refractivity contribution is 5.82. The number of amides is 2. The Morgan fingerprint density at radius 1 is 1.59 bits per heavy atom. The first-order valence-electron chi connectivity index (χ1n) is 5.83. The number of carbonyl (C=O) groups excluding carboxylic acids is 1. The first-order chi connectivity index (χ1) is 8.02. The van der Waals surface area contributed by atoms with Crippen molar-refractivity contribution in [3.8, 4) is 0 Å². The van der Waals surface area contributed by atoms with Crippen LogP contribution < -0.4 is 5.32 Å². The number of likely N-dealkylation sites (N-methyl/N-ethyl adjacent to an activating group) is 1. The Balaban J connectivity index is 2.21. The van der Waals surface area contributed by atoms with Crippen molar-refractivity contribution in [2.24, 2.45) is 5.92 Å². The molecule has 0 saturated carbocycles. The molecule has 0 spiro atoms. The molecule has 2 atom stereocenters. The highest BCUT2D eigenvalue weighted by Gasteiger charge is 2.21. The monoisotopic (exact) mass is 244 g/mol. The van der Waals surface area contributed by atoms with Crippen LogP contribution in [0.3, 0.4) is 0 Å². The molecule has 1 heterocycles. The number of aliphatic carboxylic acids is 1. The first-order valence-corrected chi connectivity index (χ1v) is 5.83. The van der Waals surface area contributed by atoms with Gasteiger partial charge in [-0.1, -0.05) is 0 Å². The minimum atomic E-state index is -1.01. The van der Waals surface area contributed by atoms with Gasteiger partial charge in [0.1, 0.15) is 6.04 Å². The van der Waals surface area contributed by atoms with E-state index in [1.54, 1.807) is 0 Å². The fraction of sp³-hybridized carbons (Fsp3) is 0.818. The third-order valence-corrected chi connectivity index (χ3v) is 3.11. The summed E-state index contributed by atoms with van der Waals surface area (Å²) in [4.78, 5) is 23.5. The second-order valence-corrected chi connectivity index (χ2v) is 4.38. The van der Waals surface area contributed by atoms with Crippen molar-refractivity contribution in [3.63, 3.8) is 0 Å². The van der Waals surface area contributed by atoms with Gasteiger partial charge in [-0.15, -0.1) is 0 Å². The van der Waals surface area contributed by atoms with Crippen molar-refractivity contribution in [1.82, 2.24) is 10.2 Å². The van der Waals surface area contributed by atoms with Gasteiger partial charge in [0.15, 0.2) is 0 Å². The summed E-state index contributed by atoms with van der Waals surface area (Å²) in [6, 6.07) is -1.16. The number of carboxylic acid groups (broad SMARTS) is 1. The molecule has 2 unspecified atom stereocenters. The summed E-state index contributed by atoms with van der Waals surface area (Å²) in [6.07, 6.45) is 1.91. The zero-order chi connectivity index (χ0) is 12.8. The molecule has 17 heavy (non-hydrogen) atoms. The van der Waals surface area contributed by atoms with Crippen molar-refractivity contribution < 1.29 is 19.4 Å². The molecular weight excluding hydrogens is 224 g/mol. The zero-order valence-corrected chi connectivity index (χ0v) is 10.3. The van der Waals surface area contributed by atoms with Crippen molar-refractivity contribution in [3.05, 3.63) is 0 Å². The van der Waals surface area contributed by atoms with Crippen LogP contribution >= 0.6 is 0 Å². The average Bonchev–Trinajstić information content (AvgIpc) is 2.79. The number of carbonyl (C=O) groups is 2. The number of nitrogens with one attached hydrogen (secondary N) is 1. The number of hydrogen-bond donors (Lipinski definition) is 2. The maximum atomic E-state index is 11.6. The Morgan fingerprint density at radius 2 is 2.29 bits per heavy atom. The van der Waals surface area contributed by atoms with E-state index in [1.165, 1.54) is 18.9 Å². The smallest absolute Gasteiger partial charge is 0.326 e. The third kappa shape index (κ3) is 4.22. The van der Waals surface area contributed by atoms with Gasteiger partial charge in [-0.25, -0.2) is 9.59 Å². The fourth-order valence-electron chi connectivity index (χ4n) is 1.66. The van der Waals surface area contributed by atoms with E-state index in [-0.39, 0.29) is 6.03 Å². The number of carboxylic acids is 1. The van der Waals surface area contributed by atoms with Gasteiger partial charge in [-0.2, -0.15) is 0 Å². The number of nitrogens with zero attached hydrogens (tertiary/aromatic N) is 1. The number of hydrogen-bond acceptors (Lipinski definition) is 3. The average molecular weight is 244 g/mol. The molecule has 0 aromatic heterocycles. The highest BCUT2D eigenvalue weighted by Crippen LogP contribution is 2.15. The van der Waals surface area contributed by atoms with E-state index in [9.17, 15) is 9.59 Å². The van der Waals surface area contributed by atoms with Crippen LogP contribution in [-0.4, -0.2) is 54.9 Å². The largest absolute Gasteiger partial charge is 0.480 e. The van der Waals surface area contributed by atoms with Crippen LogP contribution in [0.25, 0.3) is 0 Å². The molecule has 6 nitrogen and oxygen atoms in total. The summed E-state index contributed by atoms with van der Waals surface area (Å²) in [5, 5.41) is 11.5. The van der Waals surface area contributed by atoms with Crippen molar-refractivity contribution in [2.75, 3.05) is 26.8 Å². The van der Waals surface area contributed by atoms with Gasteiger partial charge in [0.05, 0.1) is 0 Å². The topological polar surface area (TPSA) is 78.9 Å². The Labute approximate surface area is 101 Å². The fourth-order valence-corrected chi connectivity index (χ4v) is 1.66. The molecule has 1 aliphatic heterocycles. The van der Waals surface area contributed by atoms with Gasteiger partial charge in [0.2, 0.25) is 0 Å². The quantitative estimate of drug-likeness (QED) is 0.739. The van der Waals surface area contributed by atoms with Crippen molar-refractivity contribution in [1.29, 1.82) is 0 Å². The molecule has 2 amide bonds. The number of rotatable bonds is 5. The lowest BCUT2D eigenvalue weighted by Crippen LogP contribution is -2.46. The van der Waals surface area contributed by atoms with Gasteiger partial charge in [-0.3, -0.25) is 0 Å². The van der Waals surface area contributed by atoms with Crippen molar-refractivity contribution in [2.45, 2.75) is 25.8 Å². The van der Waals surface area contributed by atoms with E-state index in [1.807, 2.05) is 0 Å². The SMILES string of the molecule is CC(C(=O)O)N(C)C(=O)NCCC1CCOC1. The van der Waals surface area contributed by atoms with Crippen LogP contribution in [0.2, 0.25) is 0 Å². The van der Waals surface area contributed by atoms with Crippen LogP contribution in [0.15, 0.2) is 0 Å². The Bertz CT molecular complexity index is 277. The summed E-state index contributed by atoms with van der Waals surface area (Å²) < 4.78 is 5.23. The molecule has 98 valence electrons. The second-order valence-electron chi connectivity index (χ2n) is 4.38. The Kier molecular flexibility index (Phi) is 5.21. The zero-order valence-electron chi connectivity index (χ0n) is 10.3. The third-order valence-electron chi connectivity index (χ3n) is 3.11. The number of ether oxygens (including phenoxy) is 1. The molecule has 6 heteroatoms. The lowest BCUT2D eigenvalue weighted by Gasteiger charge is -2.22. The Hall–Kier alpha value is -1.30. The summed E-state index contributed by atoms with van der Waals surface area (Å²) in [5.41, 5.74) is 0. The standard InChI is InChI=1S/C11H20N2O4/c1-8(10(14)15)13(2)11(16)12-5-3-9-4-6-17-7-9/h8-9H,3-7H2,1-2H3,(H,12,16)(H,14,15). The van der Waals surface area contributed by atoms with E-state index in [2.05, 4.69) is 5.32 Å². The van der Waals surface area contributed by atoms with Crippen molar-refractivity contribution >= 4 is 12.0 Å². The maximum absolute atomic E-state index is 11.6. The van der Waals surface area contributed by atoms with Gasteiger partial charge in [0.25, 0.3) is 0 Å². The molecule has 1 fully saturated rings. The summed E-state index contributed by atoms with van der Waals surface area (Å²) in [6.45, 7) is 3.60. The molecule has 1 saturated heterocycles. The molecular formula is C11H20N2O4. The van der Waals surface area contributed by atoms with Gasteiger partial charge >= 0.3 is 12.0 Å². The van der Waals surface area contributed by atoms with Gasteiger partial charge in [-0.05, 0) is 25.7 Å². The van der Waals surface area contributed by atoms with E-state index in [0.29, 0.717) is 12.5 Å². The predicted octanol–water partition coefficient (Wildman–Crippen LogP) is 0.527. The van der Waals surface area contributed by atoms with E-state index in [0.717, 1.165) is 26.1 Å². The lowest BCUT2D eigenvalue weighted by molar-refractivity contribution is -0.141. The molecule has 0 radical (unpaired) electrons. The first kappa shape index (κ1) is 13.8. The minimum absolute atomic E-state index is 0.348. The molecule has 1 rings (SSSR count). The minimum Gasteiger partial charge on any atom is -0.480 e. The summed E-state index contributed by atoms with van der Waals surface area (Å²) in [5.74, 6) is -0.496. The van der Waals surface area contributed by atoms with E-state index >= 15 is 0 Å². The maximum Gasteiger partial charge on any atom is 0.326 e. The van der Waals surface area contributed by atoms with E-state index in [4.69, 9.17) is 9.84 Å². The van der Waals surface area contributed by atoms with Gasteiger partial charge in [0, 0.05) is 26.8 Å². The lowest BCUT2D eigenvalue weighted by atomic mass is 10.1. The molecule has 1 aliphatic rings. The normalized spacial score (nSPS) is 20.9. The predicted molar refractivity (Wildman–Crippen MR) is 61.8 cm³/mol. The second kappa shape index (κ2) is 6.44. The molecule has 0 bridgehead atoms. The van der Waals surface area contributed by atoms with Crippen LogP contribution in [0.4, 0.5) is 4.79 Å².